The van der Waals surface area contributed by atoms with Crippen LogP contribution in [0.5, 0.6) is 0 Å². The molecule has 0 aliphatic carbocycles. The smallest absolute Gasteiger partial charge is 0.00388 e. The molecule has 1 unspecified atom stereocenters. The Morgan fingerprint density at radius 2 is 0.909 bits per heavy atom. The predicted octanol–water partition coefficient (Wildman–Crippen LogP) is 7.23. The van der Waals surface area contributed by atoms with E-state index in [1.54, 1.807) is 0 Å². The van der Waals surface area contributed by atoms with Crippen molar-refractivity contribution in [2.24, 2.45) is 11.7 Å². The molecule has 0 bridgehead atoms. The van der Waals surface area contributed by atoms with Crippen molar-refractivity contribution in [1.82, 2.24) is 0 Å². The Morgan fingerprint density at radius 3 is 1.32 bits per heavy atom. The van der Waals surface area contributed by atoms with Gasteiger partial charge in [-0.1, -0.05) is 111 Å². The molecule has 0 fully saturated rings. The van der Waals surface area contributed by atoms with Crippen molar-refractivity contribution in [2.45, 2.75) is 130 Å². The van der Waals surface area contributed by atoms with Crippen LogP contribution in [0.3, 0.4) is 0 Å². The van der Waals surface area contributed by atoms with Crippen LogP contribution >= 0.6 is 0 Å². The van der Waals surface area contributed by atoms with Crippen molar-refractivity contribution in [3.05, 3.63) is 0 Å². The van der Waals surface area contributed by atoms with Gasteiger partial charge in [0.2, 0.25) is 0 Å². The zero-order valence-corrected chi connectivity index (χ0v) is 16.0. The first kappa shape index (κ1) is 22.0. The van der Waals surface area contributed by atoms with Crippen molar-refractivity contribution in [1.29, 1.82) is 0 Å². The van der Waals surface area contributed by atoms with Crippen molar-refractivity contribution < 1.29 is 0 Å². The molecular weight excluding hydrogens is 266 g/mol. The second kappa shape index (κ2) is 17.3. The summed E-state index contributed by atoms with van der Waals surface area (Å²) in [5.41, 5.74) is 6.23. The highest BCUT2D eigenvalue weighted by Gasteiger charge is 2.02. The van der Waals surface area contributed by atoms with Crippen LogP contribution in [0.4, 0.5) is 0 Å². The molecule has 0 aromatic rings. The molecule has 0 saturated heterocycles. The Balaban J connectivity index is 3.14. The summed E-state index contributed by atoms with van der Waals surface area (Å²) in [5, 5.41) is 0. The zero-order chi connectivity index (χ0) is 16.5. The first-order valence-electron chi connectivity index (χ1n) is 10.4. The fraction of sp³-hybridized carbons (Fsp3) is 1.00. The first-order chi connectivity index (χ1) is 10.7. The third kappa shape index (κ3) is 18.0. The molecule has 0 rings (SSSR count). The minimum Gasteiger partial charge on any atom is -0.328 e. The lowest BCUT2D eigenvalue weighted by Crippen LogP contribution is -2.19. The summed E-state index contributed by atoms with van der Waals surface area (Å²) in [6.07, 6.45) is 22.2. The Labute approximate surface area is 141 Å². The minimum absolute atomic E-state index is 0.469. The van der Waals surface area contributed by atoms with Gasteiger partial charge in [-0.05, 0) is 18.8 Å². The monoisotopic (exact) mass is 311 g/mol. The van der Waals surface area contributed by atoms with Crippen LogP contribution in [0.25, 0.3) is 0 Å². The predicted molar refractivity (Wildman–Crippen MR) is 102 cm³/mol. The fourth-order valence-corrected chi connectivity index (χ4v) is 3.17. The average Bonchev–Trinajstić information content (AvgIpc) is 2.48. The van der Waals surface area contributed by atoms with E-state index in [9.17, 15) is 0 Å². The molecule has 0 amide bonds. The maximum atomic E-state index is 6.23. The third-order valence-corrected chi connectivity index (χ3v) is 4.78. The number of unbranched alkanes of at least 4 members (excludes halogenated alkanes) is 11. The van der Waals surface area contributed by atoms with Crippen LogP contribution in [0, 0.1) is 5.92 Å². The maximum absolute atomic E-state index is 6.23. The third-order valence-electron chi connectivity index (χ3n) is 4.78. The average molecular weight is 312 g/mol. The topological polar surface area (TPSA) is 26.0 Å². The molecule has 0 aromatic carbocycles. The summed E-state index contributed by atoms with van der Waals surface area (Å²) >= 11 is 0. The van der Waals surface area contributed by atoms with Crippen LogP contribution in [0.2, 0.25) is 0 Å². The second-order valence-electron chi connectivity index (χ2n) is 7.76. The minimum atomic E-state index is 0.469. The maximum Gasteiger partial charge on any atom is 0.00388 e. The van der Waals surface area contributed by atoms with E-state index >= 15 is 0 Å². The standard InChI is InChI=1S/C21H45N/c1-4-5-6-7-8-12-15-18-21(22)19-16-13-10-9-11-14-17-20(2)3/h20-21H,4-19,22H2,1-3H3. The van der Waals surface area contributed by atoms with Gasteiger partial charge >= 0.3 is 0 Å². The van der Waals surface area contributed by atoms with E-state index in [-0.39, 0.29) is 0 Å². The normalized spacial score (nSPS) is 13.0. The Hall–Kier alpha value is -0.0400. The molecule has 0 spiro atoms. The van der Waals surface area contributed by atoms with Crippen LogP contribution in [-0.2, 0) is 0 Å². The van der Waals surface area contributed by atoms with E-state index in [2.05, 4.69) is 20.8 Å². The quantitative estimate of drug-likeness (QED) is 0.282. The molecule has 134 valence electrons. The second-order valence-corrected chi connectivity index (χ2v) is 7.76. The van der Waals surface area contributed by atoms with E-state index in [4.69, 9.17) is 5.73 Å². The molecule has 0 aliphatic rings. The van der Waals surface area contributed by atoms with Crippen LogP contribution in [-0.4, -0.2) is 6.04 Å². The van der Waals surface area contributed by atoms with Crippen LogP contribution in [0.1, 0.15) is 124 Å². The molecule has 0 aromatic heterocycles. The summed E-state index contributed by atoms with van der Waals surface area (Å²) < 4.78 is 0. The van der Waals surface area contributed by atoms with Crippen molar-refractivity contribution in [3.8, 4) is 0 Å². The highest BCUT2D eigenvalue weighted by atomic mass is 14.6. The molecule has 1 heteroatoms. The van der Waals surface area contributed by atoms with Gasteiger partial charge in [-0.3, -0.25) is 0 Å². The van der Waals surface area contributed by atoms with Gasteiger partial charge in [0.05, 0.1) is 0 Å². The number of hydrogen-bond acceptors (Lipinski definition) is 1. The Morgan fingerprint density at radius 1 is 0.545 bits per heavy atom. The molecule has 0 radical (unpaired) electrons. The van der Waals surface area contributed by atoms with Crippen molar-refractivity contribution >= 4 is 0 Å². The van der Waals surface area contributed by atoms with E-state index in [0.29, 0.717) is 6.04 Å². The summed E-state index contributed by atoms with van der Waals surface area (Å²) in [6.45, 7) is 6.93. The Kier molecular flexibility index (Phi) is 17.3. The van der Waals surface area contributed by atoms with E-state index in [0.717, 1.165) is 5.92 Å². The Bertz CT molecular complexity index is 200. The van der Waals surface area contributed by atoms with Crippen molar-refractivity contribution in [2.75, 3.05) is 0 Å². The van der Waals surface area contributed by atoms with Crippen LogP contribution < -0.4 is 5.73 Å². The van der Waals surface area contributed by atoms with E-state index < -0.39 is 0 Å². The van der Waals surface area contributed by atoms with Gasteiger partial charge in [0.25, 0.3) is 0 Å². The number of hydrogen-bond donors (Lipinski definition) is 1. The lowest BCUT2D eigenvalue weighted by molar-refractivity contribution is 0.475. The SMILES string of the molecule is CCCCCCCCCC(N)CCCCCCCCC(C)C. The molecule has 1 atom stereocenters. The fourth-order valence-electron chi connectivity index (χ4n) is 3.17. The van der Waals surface area contributed by atoms with Gasteiger partial charge in [-0.2, -0.15) is 0 Å². The lowest BCUT2D eigenvalue weighted by atomic mass is 10.00. The summed E-state index contributed by atoms with van der Waals surface area (Å²) in [5.74, 6) is 0.879. The zero-order valence-electron chi connectivity index (χ0n) is 16.0. The van der Waals surface area contributed by atoms with E-state index in [1.807, 2.05) is 0 Å². The van der Waals surface area contributed by atoms with Gasteiger partial charge in [0.15, 0.2) is 0 Å². The lowest BCUT2D eigenvalue weighted by Gasteiger charge is -2.11. The molecule has 2 N–H and O–H groups in total. The van der Waals surface area contributed by atoms with Crippen LogP contribution in [0.15, 0.2) is 0 Å². The van der Waals surface area contributed by atoms with Gasteiger partial charge in [0.1, 0.15) is 0 Å². The number of rotatable bonds is 17. The highest BCUT2D eigenvalue weighted by molar-refractivity contribution is 4.62. The molecular formula is C21H45N. The van der Waals surface area contributed by atoms with Gasteiger partial charge in [-0.15, -0.1) is 0 Å². The van der Waals surface area contributed by atoms with E-state index in [1.165, 1.54) is 103 Å². The summed E-state index contributed by atoms with van der Waals surface area (Å²) in [6, 6.07) is 0.469. The molecule has 0 saturated carbocycles. The summed E-state index contributed by atoms with van der Waals surface area (Å²) in [7, 11) is 0. The highest BCUT2D eigenvalue weighted by Crippen LogP contribution is 2.14. The van der Waals surface area contributed by atoms with Crippen molar-refractivity contribution in [3.63, 3.8) is 0 Å². The molecule has 22 heavy (non-hydrogen) atoms. The number of nitrogens with two attached hydrogens (primary N) is 1. The van der Waals surface area contributed by atoms with Gasteiger partial charge in [0, 0.05) is 6.04 Å². The van der Waals surface area contributed by atoms with Gasteiger partial charge in [-0.25, -0.2) is 0 Å². The summed E-state index contributed by atoms with van der Waals surface area (Å²) in [4.78, 5) is 0. The molecule has 0 aliphatic heterocycles. The first-order valence-corrected chi connectivity index (χ1v) is 10.4. The van der Waals surface area contributed by atoms with Gasteiger partial charge < -0.3 is 5.73 Å². The molecule has 1 nitrogen and oxygen atoms in total. The molecule has 0 heterocycles. The largest absolute Gasteiger partial charge is 0.328 e.